The Kier molecular flexibility index (Phi) is 6.11. The molecular formula is C11H20N2O4S. The van der Waals surface area contributed by atoms with Gasteiger partial charge in [0.15, 0.2) is 0 Å². The van der Waals surface area contributed by atoms with Gasteiger partial charge in [0.05, 0.1) is 5.92 Å². The number of carboxylic acid groups (broad SMARTS) is 1. The van der Waals surface area contributed by atoms with Gasteiger partial charge in [-0.15, -0.1) is 0 Å². The SMILES string of the molecule is CS(=O)CCNC(=O)NC1CCCC(C(=O)O)C1. The summed E-state index contributed by atoms with van der Waals surface area (Å²) in [6.07, 6.45) is 4.39. The van der Waals surface area contributed by atoms with Gasteiger partial charge in [-0.25, -0.2) is 4.79 Å². The quantitative estimate of drug-likeness (QED) is 0.673. The molecule has 2 amide bonds. The minimum absolute atomic E-state index is 0.0769. The Balaban J connectivity index is 2.26. The van der Waals surface area contributed by atoms with Crippen molar-refractivity contribution < 1.29 is 18.9 Å². The van der Waals surface area contributed by atoms with Gasteiger partial charge in [0.2, 0.25) is 0 Å². The van der Waals surface area contributed by atoms with E-state index in [2.05, 4.69) is 10.6 Å². The highest BCUT2D eigenvalue weighted by molar-refractivity contribution is 7.84. The lowest BCUT2D eigenvalue weighted by Crippen LogP contribution is -2.45. The number of carbonyl (C=O) groups is 2. The molecule has 0 heterocycles. The summed E-state index contributed by atoms with van der Waals surface area (Å²) in [6.45, 7) is 0.365. The van der Waals surface area contributed by atoms with Gasteiger partial charge in [-0.1, -0.05) is 6.42 Å². The van der Waals surface area contributed by atoms with E-state index in [9.17, 15) is 13.8 Å². The molecule has 0 bridgehead atoms. The third kappa shape index (κ3) is 5.48. The maximum absolute atomic E-state index is 11.5. The van der Waals surface area contributed by atoms with Crippen LogP contribution in [0.5, 0.6) is 0 Å². The van der Waals surface area contributed by atoms with Crippen LogP contribution in [-0.2, 0) is 15.6 Å². The number of nitrogens with one attached hydrogen (secondary N) is 2. The van der Waals surface area contributed by atoms with Crippen LogP contribution in [0.25, 0.3) is 0 Å². The van der Waals surface area contributed by atoms with Crippen LogP contribution >= 0.6 is 0 Å². The molecule has 1 saturated carbocycles. The minimum atomic E-state index is -0.921. The highest BCUT2D eigenvalue weighted by atomic mass is 32.2. The summed E-state index contributed by atoms with van der Waals surface area (Å²) >= 11 is 0. The van der Waals surface area contributed by atoms with Crippen LogP contribution < -0.4 is 10.6 Å². The summed E-state index contributed by atoms with van der Waals surface area (Å²) in [4.78, 5) is 22.4. The molecule has 0 aromatic rings. The largest absolute Gasteiger partial charge is 0.481 e. The monoisotopic (exact) mass is 276 g/mol. The van der Waals surface area contributed by atoms with E-state index in [0.717, 1.165) is 12.8 Å². The first kappa shape index (κ1) is 14.9. The standard InChI is InChI=1S/C11H20N2O4S/c1-18(17)6-5-12-11(16)13-9-4-2-3-8(7-9)10(14)15/h8-9H,2-7H2,1H3,(H,14,15)(H2,12,13,16). The summed E-state index contributed by atoms with van der Waals surface area (Å²) in [5, 5.41) is 14.3. The Labute approximate surface area is 109 Å². The van der Waals surface area contributed by atoms with E-state index in [-0.39, 0.29) is 18.0 Å². The molecule has 3 N–H and O–H groups in total. The van der Waals surface area contributed by atoms with Gasteiger partial charge in [0.1, 0.15) is 0 Å². The number of aliphatic carboxylic acids is 1. The van der Waals surface area contributed by atoms with Crippen molar-refractivity contribution in [1.82, 2.24) is 10.6 Å². The fraction of sp³-hybridized carbons (Fsp3) is 0.818. The average Bonchev–Trinajstić information content (AvgIpc) is 2.28. The average molecular weight is 276 g/mol. The summed E-state index contributed by atoms with van der Waals surface area (Å²) in [6, 6.07) is -0.386. The van der Waals surface area contributed by atoms with Gasteiger partial charge in [-0.2, -0.15) is 0 Å². The van der Waals surface area contributed by atoms with E-state index in [1.807, 2.05) is 0 Å². The Bertz CT molecular complexity index is 335. The van der Waals surface area contributed by atoms with E-state index in [1.165, 1.54) is 0 Å². The van der Waals surface area contributed by atoms with Gasteiger partial charge in [-0.3, -0.25) is 9.00 Å². The van der Waals surface area contributed by atoms with Crippen LogP contribution in [0.15, 0.2) is 0 Å². The first-order valence-electron chi connectivity index (χ1n) is 6.06. The molecule has 0 spiro atoms. The Morgan fingerprint density at radius 2 is 2.11 bits per heavy atom. The van der Waals surface area contributed by atoms with Crippen LogP contribution in [-0.4, -0.2) is 45.9 Å². The maximum atomic E-state index is 11.5. The molecule has 3 unspecified atom stereocenters. The lowest BCUT2D eigenvalue weighted by Gasteiger charge is -2.27. The van der Waals surface area contributed by atoms with Crippen molar-refractivity contribution in [3.8, 4) is 0 Å². The zero-order chi connectivity index (χ0) is 13.5. The first-order valence-corrected chi connectivity index (χ1v) is 7.79. The van der Waals surface area contributed by atoms with Crippen molar-refractivity contribution in [3.05, 3.63) is 0 Å². The molecule has 1 rings (SSSR count). The van der Waals surface area contributed by atoms with Crippen molar-refractivity contribution in [3.63, 3.8) is 0 Å². The van der Waals surface area contributed by atoms with E-state index in [1.54, 1.807) is 6.26 Å². The molecule has 1 aliphatic rings. The summed E-state index contributed by atoms with van der Waals surface area (Å²) < 4.78 is 10.8. The van der Waals surface area contributed by atoms with Crippen molar-refractivity contribution >= 4 is 22.8 Å². The van der Waals surface area contributed by atoms with Crippen LogP contribution in [0.2, 0.25) is 0 Å². The molecule has 3 atom stereocenters. The summed E-state index contributed by atoms with van der Waals surface area (Å²) in [5.41, 5.74) is 0. The second-order valence-corrected chi connectivity index (χ2v) is 6.13. The van der Waals surface area contributed by atoms with E-state index >= 15 is 0 Å². The van der Waals surface area contributed by atoms with E-state index in [4.69, 9.17) is 5.11 Å². The van der Waals surface area contributed by atoms with Crippen LogP contribution in [0.3, 0.4) is 0 Å². The first-order chi connectivity index (χ1) is 8.49. The van der Waals surface area contributed by atoms with Gasteiger partial charge >= 0.3 is 12.0 Å². The highest BCUT2D eigenvalue weighted by Crippen LogP contribution is 2.24. The highest BCUT2D eigenvalue weighted by Gasteiger charge is 2.27. The molecule has 0 aromatic heterocycles. The summed E-state index contributed by atoms with van der Waals surface area (Å²) in [7, 11) is -0.921. The number of hydrogen-bond acceptors (Lipinski definition) is 3. The van der Waals surface area contributed by atoms with Crippen LogP contribution in [0.1, 0.15) is 25.7 Å². The molecule has 18 heavy (non-hydrogen) atoms. The van der Waals surface area contributed by atoms with Crippen LogP contribution in [0, 0.1) is 5.92 Å². The molecule has 6 nitrogen and oxygen atoms in total. The molecule has 0 radical (unpaired) electrons. The smallest absolute Gasteiger partial charge is 0.315 e. The number of carboxylic acids is 1. The molecule has 104 valence electrons. The Morgan fingerprint density at radius 3 is 2.72 bits per heavy atom. The van der Waals surface area contributed by atoms with Crippen molar-refractivity contribution in [2.45, 2.75) is 31.7 Å². The third-order valence-electron chi connectivity index (χ3n) is 3.03. The second-order valence-electron chi connectivity index (χ2n) is 4.58. The lowest BCUT2D eigenvalue weighted by molar-refractivity contribution is -0.143. The minimum Gasteiger partial charge on any atom is -0.481 e. The van der Waals surface area contributed by atoms with Crippen molar-refractivity contribution in [1.29, 1.82) is 0 Å². The molecule has 0 saturated heterocycles. The van der Waals surface area contributed by atoms with Crippen molar-refractivity contribution in [2.24, 2.45) is 5.92 Å². The summed E-state index contributed by atoms with van der Waals surface area (Å²) in [5.74, 6) is -0.717. The Morgan fingerprint density at radius 1 is 1.39 bits per heavy atom. The normalized spacial score (nSPS) is 25.2. The number of amides is 2. The predicted molar refractivity (Wildman–Crippen MR) is 68.8 cm³/mol. The molecule has 7 heteroatoms. The number of urea groups is 1. The van der Waals surface area contributed by atoms with Gasteiger partial charge in [-0.05, 0) is 19.3 Å². The molecular weight excluding hydrogens is 256 g/mol. The maximum Gasteiger partial charge on any atom is 0.315 e. The lowest BCUT2D eigenvalue weighted by atomic mass is 9.86. The number of hydrogen-bond donors (Lipinski definition) is 3. The predicted octanol–water partition coefficient (Wildman–Crippen LogP) is 0.307. The molecule has 0 aliphatic heterocycles. The van der Waals surface area contributed by atoms with Gasteiger partial charge in [0, 0.05) is 35.4 Å². The molecule has 1 fully saturated rings. The molecule has 0 aromatic carbocycles. The zero-order valence-electron chi connectivity index (χ0n) is 10.5. The number of carbonyl (C=O) groups excluding carboxylic acids is 1. The van der Waals surface area contributed by atoms with Gasteiger partial charge in [0.25, 0.3) is 0 Å². The topological polar surface area (TPSA) is 95.5 Å². The van der Waals surface area contributed by atoms with Gasteiger partial charge < -0.3 is 15.7 Å². The fourth-order valence-corrected chi connectivity index (χ4v) is 2.48. The van der Waals surface area contributed by atoms with E-state index < -0.39 is 16.8 Å². The number of rotatable bonds is 5. The Hall–Kier alpha value is -1.11. The fourth-order valence-electron chi connectivity index (χ4n) is 2.09. The molecule has 1 aliphatic carbocycles. The van der Waals surface area contributed by atoms with E-state index in [0.29, 0.717) is 25.1 Å². The zero-order valence-corrected chi connectivity index (χ0v) is 11.3. The van der Waals surface area contributed by atoms with Crippen LogP contribution in [0.4, 0.5) is 4.79 Å². The second kappa shape index (κ2) is 7.35. The third-order valence-corrected chi connectivity index (χ3v) is 3.81. The van der Waals surface area contributed by atoms with Crippen molar-refractivity contribution in [2.75, 3.05) is 18.6 Å².